The molecular weight excluding hydrogens is 376 g/mol. The number of hydrogen-bond donors (Lipinski definition) is 0. The van der Waals surface area contributed by atoms with Crippen molar-refractivity contribution in [2.75, 3.05) is 0 Å². The minimum absolute atomic E-state index is 0.381. The zero-order valence-electron chi connectivity index (χ0n) is 24.3. The van der Waals surface area contributed by atoms with Gasteiger partial charge in [0.25, 0.3) is 0 Å². The van der Waals surface area contributed by atoms with Crippen molar-refractivity contribution in [1.29, 1.82) is 0 Å². The van der Waals surface area contributed by atoms with E-state index in [1.807, 2.05) is 0 Å². The first-order valence-corrected chi connectivity index (χ1v) is 13.6. The van der Waals surface area contributed by atoms with Gasteiger partial charge in [0, 0.05) is 0 Å². The maximum absolute atomic E-state index is 7.06. The SMILES string of the molecule is CC(CCC(OC(CCC(C)CC(C)(C)C)C(C)C(C)C)C(C)C(C)C)CC(C)(C)C. The highest BCUT2D eigenvalue weighted by Crippen LogP contribution is 2.34. The molecule has 6 unspecified atom stereocenters. The Morgan fingerprint density at radius 1 is 0.484 bits per heavy atom. The standard InChI is InChI=1S/C30H62O/c1-21(2)25(7)27(17-15-23(5)19-29(9,10)11)31-28(26(8)22(3)4)18-16-24(6)20-30(12,13)14/h21-28H,15-20H2,1-14H3. The van der Waals surface area contributed by atoms with Gasteiger partial charge >= 0.3 is 0 Å². The Morgan fingerprint density at radius 3 is 1.00 bits per heavy atom. The van der Waals surface area contributed by atoms with E-state index in [-0.39, 0.29) is 0 Å². The summed E-state index contributed by atoms with van der Waals surface area (Å²) >= 11 is 0. The van der Waals surface area contributed by atoms with Crippen LogP contribution < -0.4 is 0 Å². The fourth-order valence-electron chi connectivity index (χ4n) is 5.19. The van der Waals surface area contributed by atoms with E-state index in [0.29, 0.717) is 46.7 Å². The molecule has 0 bridgehead atoms. The Bertz CT molecular complexity index is 408. The maximum atomic E-state index is 7.06. The van der Waals surface area contributed by atoms with E-state index < -0.39 is 0 Å². The summed E-state index contributed by atoms with van der Waals surface area (Å²) in [7, 11) is 0. The molecule has 0 aromatic carbocycles. The van der Waals surface area contributed by atoms with Crippen molar-refractivity contribution in [3.8, 4) is 0 Å². The van der Waals surface area contributed by atoms with Gasteiger partial charge in [-0.25, -0.2) is 0 Å². The molecule has 0 aromatic heterocycles. The van der Waals surface area contributed by atoms with Crippen molar-refractivity contribution < 1.29 is 4.74 Å². The fourth-order valence-corrected chi connectivity index (χ4v) is 5.19. The van der Waals surface area contributed by atoms with Gasteiger partial charge in [0.1, 0.15) is 0 Å². The lowest BCUT2D eigenvalue weighted by Gasteiger charge is -2.36. The first-order chi connectivity index (χ1) is 13.9. The molecule has 0 aliphatic carbocycles. The van der Waals surface area contributed by atoms with Crippen LogP contribution in [0.5, 0.6) is 0 Å². The summed E-state index contributed by atoms with van der Waals surface area (Å²) < 4.78 is 7.06. The van der Waals surface area contributed by atoms with Crippen LogP contribution >= 0.6 is 0 Å². The minimum Gasteiger partial charge on any atom is -0.374 e. The second-order valence-corrected chi connectivity index (χ2v) is 14.3. The van der Waals surface area contributed by atoms with E-state index in [1.54, 1.807) is 0 Å². The predicted molar refractivity (Wildman–Crippen MR) is 142 cm³/mol. The molecule has 0 amide bonds. The first kappa shape index (κ1) is 31.0. The van der Waals surface area contributed by atoms with Gasteiger partial charge in [0.2, 0.25) is 0 Å². The van der Waals surface area contributed by atoms with E-state index in [0.717, 1.165) is 11.8 Å². The number of rotatable bonds is 14. The summed E-state index contributed by atoms with van der Waals surface area (Å²) in [4.78, 5) is 0. The highest BCUT2D eigenvalue weighted by molar-refractivity contribution is 4.79. The van der Waals surface area contributed by atoms with Gasteiger partial charge in [0.15, 0.2) is 0 Å². The van der Waals surface area contributed by atoms with Crippen LogP contribution in [0.2, 0.25) is 0 Å². The van der Waals surface area contributed by atoms with Gasteiger partial charge in [0.05, 0.1) is 12.2 Å². The van der Waals surface area contributed by atoms with Crippen LogP contribution in [0.4, 0.5) is 0 Å². The van der Waals surface area contributed by atoms with Gasteiger partial charge in [-0.15, -0.1) is 0 Å². The number of ether oxygens (including phenoxy) is 1. The van der Waals surface area contributed by atoms with Gasteiger partial charge in [-0.05, 0) is 84.9 Å². The summed E-state index contributed by atoms with van der Waals surface area (Å²) in [5, 5.41) is 0. The molecule has 0 saturated carbocycles. The summed E-state index contributed by atoms with van der Waals surface area (Å²) in [5.41, 5.74) is 0.828. The van der Waals surface area contributed by atoms with Crippen molar-refractivity contribution >= 4 is 0 Å². The third-order valence-electron chi connectivity index (χ3n) is 7.44. The van der Waals surface area contributed by atoms with Crippen LogP contribution in [-0.2, 0) is 4.74 Å². The Morgan fingerprint density at radius 2 is 0.774 bits per heavy atom. The third kappa shape index (κ3) is 14.7. The quantitative estimate of drug-likeness (QED) is 0.262. The fraction of sp³-hybridized carbons (Fsp3) is 1.00. The molecule has 0 aliphatic heterocycles. The lowest BCUT2D eigenvalue weighted by Crippen LogP contribution is -2.36. The van der Waals surface area contributed by atoms with E-state index in [4.69, 9.17) is 4.74 Å². The highest BCUT2D eigenvalue weighted by Gasteiger charge is 2.30. The van der Waals surface area contributed by atoms with Gasteiger partial charge in [-0.2, -0.15) is 0 Å². The predicted octanol–water partition coefficient (Wildman–Crippen LogP) is 10.0. The van der Waals surface area contributed by atoms with Gasteiger partial charge in [-0.1, -0.05) is 96.9 Å². The molecule has 0 aromatic rings. The molecule has 0 heterocycles. The maximum Gasteiger partial charge on any atom is 0.0607 e. The molecule has 188 valence electrons. The summed E-state index contributed by atoms with van der Waals surface area (Å²) in [6.45, 7) is 33.4. The Hall–Kier alpha value is -0.0400. The topological polar surface area (TPSA) is 9.23 Å². The Labute approximate surface area is 198 Å². The second kappa shape index (κ2) is 13.6. The van der Waals surface area contributed by atoms with E-state index in [9.17, 15) is 0 Å². The molecular formula is C30H62O. The molecule has 0 fully saturated rings. The molecule has 31 heavy (non-hydrogen) atoms. The number of hydrogen-bond acceptors (Lipinski definition) is 1. The largest absolute Gasteiger partial charge is 0.374 e. The minimum atomic E-state index is 0.381. The molecule has 1 nitrogen and oxygen atoms in total. The van der Waals surface area contributed by atoms with E-state index in [2.05, 4.69) is 96.9 Å². The second-order valence-electron chi connectivity index (χ2n) is 14.3. The molecule has 0 spiro atoms. The molecule has 0 radical (unpaired) electrons. The molecule has 1 heteroatoms. The van der Waals surface area contributed by atoms with Crippen LogP contribution in [0, 0.1) is 46.3 Å². The molecule has 0 rings (SSSR count). The van der Waals surface area contributed by atoms with Crippen molar-refractivity contribution in [3.63, 3.8) is 0 Å². The average molecular weight is 439 g/mol. The summed E-state index contributed by atoms with van der Waals surface area (Å²) in [5.74, 6) is 4.07. The average Bonchev–Trinajstić information content (AvgIpc) is 2.56. The molecule has 6 atom stereocenters. The van der Waals surface area contributed by atoms with E-state index in [1.165, 1.54) is 38.5 Å². The van der Waals surface area contributed by atoms with Crippen LogP contribution in [0.25, 0.3) is 0 Å². The molecule has 0 aliphatic rings. The normalized spacial score (nSPS) is 19.4. The summed E-state index contributed by atoms with van der Waals surface area (Å²) in [6, 6.07) is 0. The lowest BCUT2D eigenvalue weighted by molar-refractivity contribution is -0.0886. The Kier molecular flexibility index (Phi) is 13.6. The molecule has 0 saturated heterocycles. The van der Waals surface area contributed by atoms with Crippen molar-refractivity contribution in [2.24, 2.45) is 46.3 Å². The first-order valence-electron chi connectivity index (χ1n) is 13.6. The Balaban J connectivity index is 5.25. The highest BCUT2D eigenvalue weighted by atomic mass is 16.5. The monoisotopic (exact) mass is 438 g/mol. The van der Waals surface area contributed by atoms with Crippen molar-refractivity contribution in [1.82, 2.24) is 0 Å². The summed E-state index contributed by atoms with van der Waals surface area (Å²) in [6.07, 6.45) is 8.32. The lowest BCUT2D eigenvalue weighted by atomic mass is 9.80. The zero-order valence-corrected chi connectivity index (χ0v) is 24.3. The van der Waals surface area contributed by atoms with Gasteiger partial charge in [-0.3, -0.25) is 0 Å². The van der Waals surface area contributed by atoms with Crippen LogP contribution in [0.15, 0.2) is 0 Å². The van der Waals surface area contributed by atoms with Crippen LogP contribution in [0.3, 0.4) is 0 Å². The zero-order chi connectivity index (χ0) is 24.6. The van der Waals surface area contributed by atoms with Crippen molar-refractivity contribution in [2.45, 2.75) is 148 Å². The van der Waals surface area contributed by atoms with Crippen LogP contribution in [-0.4, -0.2) is 12.2 Å². The van der Waals surface area contributed by atoms with E-state index >= 15 is 0 Å². The smallest absolute Gasteiger partial charge is 0.0607 e. The third-order valence-corrected chi connectivity index (χ3v) is 7.44. The molecule has 0 N–H and O–H groups in total. The van der Waals surface area contributed by atoms with Gasteiger partial charge < -0.3 is 4.74 Å². The van der Waals surface area contributed by atoms with Crippen molar-refractivity contribution in [3.05, 3.63) is 0 Å². The van der Waals surface area contributed by atoms with Crippen LogP contribution in [0.1, 0.15) is 135 Å².